The Morgan fingerprint density at radius 2 is 1.74 bits per heavy atom. The molecule has 2 aromatic carbocycles. The van der Waals surface area contributed by atoms with Gasteiger partial charge in [0.2, 0.25) is 5.91 Å². The lowest BCUT2D eigenvalue weighted by Crippen LogP contribution is -2.58. The van der Waals surface area contributed by atoms with Crippen LogP contribution in [0.4, 0.5) is 4.79 Å². The maximum absolute atomic E-state index is 12.9. The predicted molar refractivity (Wildman–Crippen MR) is 122 cm³/mol. The van der Waals surface area contributed by atoms with Gasteiger partial charge in [0.1, 0.15) is 12.6 Å². The fourth-order valence-electron chi connectivity index (χ4n) is 4.54. The van der Waals surface area contributed by atoms with E-state index in [1.807, 2.05) is 48.5 Å². The second kappa shape index (κ2) is 10.2. The molecule has 2 atom stereocenters. The van der Waals surface area contributed by atoms with Gasteiger partial charge in [-0.25, -0.2) is 4.79 Å². The van der Waals surface area contributed by atoms with Crippen LogP contribution in [-0.4, -0.2) is 66.2 Å². The Labute approximate surface area is 197 Å². The van der Waals surface area contributed by atoms with E-state index in [-0.39, 0.29) is 38.6 Å². The van der Waals surface area contributed by atoms with Gasteiger partial charge in [-0.15, -0.1) is 0 Å². The summed E-state index contributed by atoms with van der Waals surface area (Å²) < 4.78 is 10.8. The quantitative estimate of drug-likeness (QED) is 0.442. The van der Waals surface area contributed by atoms with Crippen LogP contribution in [0.5, 0.6) is 0 Å². The van der Waals surface area contributed by atoms with Gasteiger partial charge in [0.05, 0.1) is 18.8 Å². The summed E-state index contributed by atoms with van der Waals surface area (Å²) in [6, 6.07) is 14.7. The fraction of sp³-hybridized carbons (Fsp3) is 0.400. The zero-order valence-electron chi connectivity index (χ0n) is 18.7. The highest BCUT2D eigenvalue weighted by molar-refractivity contribution is 5.87. The van der Waals surface area contributed by atoms with E-state index >= 15 is 0 Å². The summed E-state index contributed by atoms with van der Waals surface area (Å²) in [6.45, 7) is 0.281. The number of amides is 2. The van der Waals surface area contributed by atoms with Crippen molar-refractivity contribution in [1.82, 2.24) is 10.6 Å². The van der Waals surface area contributed by atoms with Crippen molar-refractivity contribution in [2.75, 3.05) is 26.4 Å². The van der Waals surface area contributed by atoms with Gasteiger partial charge in [-0.2, -0.15) is 0 Å². The molecule has 4 N–H and O–H groups in total. The number of carboxylic acids is 1. The number of aliphatic hydroxyl groups excluding tert-OH is 1. The van der Waals surface area contributed by atoms with E-state index in [1.165, 1.54) is 0 Å². The lowest BCUT2D eigenvalue weighted by atomic mass is 9.98. The monoisotopic (exact) mass is 468 g/mol. The minimum absolute atomic E-state index is 0.0710. The first-order chi connectivity index (χ1) is 16.4. The Hall–Kier alpha value is -3.43. The number of carbonyl (C=O) groups excluding carboxylic acids is 2. The van der Waals surface area contributed by atoms with Crippen molar-refractivity contribution >= 4 is 18.0 Å². The van der Waals surface area contributed by atoms with Gasteiger partial charge in [-0.05, 0) is 35.1 Å². The van der Waals surface area contributed by atoms with Crippen LogP contribution in [0.1, 0.15) is 36.3 Å². The average molecular weight is 469 g/mol. The van der Waals surface area contributed by atoms with Gasteiger partial charge in [-0.1, -0.05) is 48.5 Å². The fourth-order valence-corrected chi connectivity index (χ4v) is 4.54. The molecule has 2 aromatic rings. The van der Waals surface area contributed by atoms with Crippen molar-refractivity contribution in [2.45, 2.75) is 36.8 Å². The molecule has 1 aliphatic heterocycles. The molecule has 4 rings (SSSR count). The van der Waals surface area contributed by atoms with Crippen LogP contribution in [0.3, 0.4) is 0 Å². The molecule has 9 nitrogen and oxygen atoms in total. The Kier molecular flexibility index (Phi) is 7.14. The Morgan fingerprint density at radius 1 is 1.09 bits per heavy atom. The van der Waals surface area contributed by atoms with Crippen LogP contribution in [0.25, 0.3) is 11.1 Å². The van der Waals surface area contributed by atoms with Crippen molar-refractivity contribution in [2.24, 2.45) is 0 Å². The highest BCUT2D eigenvalue weighted by atomic mass is 16.5. The number of carbonyl (C=O) groups is 3. The molecule has 2 aliphatic rings. The smallest absolute Gasteiger partial charge is 0.407 e. The van der Waals surface area contributed by atoms with Gasteiger partial charge < -0.3 is 30.3 Å². The highest BCUT2D eigenvalue weighted by Gasteiger charge is 2.38. The average Bonchev–Trinajstić information content (AvgIpc) is 3.43. The van der Waals surface area contributed by atoms with Crippen molar-refractivity contribution in [3.63, 3.8) is 0 Å². The zero-order valence-corrected chi connectivity index (χ0v) is 18.7. The number of fused-ring (bicyclic) bond motifs is 3. The molecule has 0 radical (unpaired) electrons. The third-order valence-electron chi connectivity index (χ3n) is 6.39. The first kappa shape index (κ1) is 23.7. The summed E-state index contributed by atoms with van der Waals surface area (Å²) in [6.07, 6.45) is -0.822. The first-order valence-corrected chi connectivity index (χ1v) is 11.3. The van der Waals surface area contributed by atoms with E-state index in [1.54, 1.807) is 0 Å². The van der Waals surface area contributed by atoms with Crippen molar-refractivity contribution in [3.8, 4) is 11.1 Å². The highest BCUT2D eigenvalue weighted by Crippen LogP contribution is 2.44. The second-order valence-corrected chi connectivity index (χ2v) is 8.69. The number of rotatable bonds is 9. The minimum atomic E-state index is -1.13. The van der Waals surface area contributed by atoms with Crippen LogP contribution in [0.15, 0.2) is 48.5 Å². The molecular formula is C25H28N2O7. The predicted octanol–water partition coefficient (Wildman–Crippen LogP) is 2.03. The molecule has 2 amide bonds. The van der Waals surface area contributed by atoms with Crippen LogP contribution >= 0.6 is 0 Å². The molecule has 0 saturated carbocycles. The zero-order chi connectivity index (χ0) is 24.1. The standard InChI is InChI=1S/C25H28N2O7/c28-14-25(11-12-33-15-25)27-23(31)21(9-10-22(29)30)26-24(32)34-13-20-18-7-3-1-5-16(18)17-6-2-4-8-19(17)20/h1-8,20-21,28H,9-15H2,(H,26,32)(H,27,31)(H,29,30). The van der Waals surface area contributed by atoms with E-state index in [4.69, 9.17) is 14.6 Å². The SMILES string of the molecule is O=C(O)CCC(NC(=O)OCC1c2ccccc2-c2ccccc21)C(=O)NC1(CO)CCOC1. The van der Waals surface area contributed by atoms with E-state index in [0.717, 1.165) is 22.3 Å². The maximum Gasteiger partial charge on any atom is 0.407 e. The molecule has 0 aromatic heterocycles. The molecule has 0 bridgehead atoms. The molecule has 9 heteroatoms. The molecule has 1 fully saturated rings. The number of hydrogen-bond donors (Lipinski definition) is 4. The summed E-state index contributed by atoms with van der Waals surface area (Å²) in [5.74, 6) is -1.82. The normalized spacial score (nSPS) is 19.7. The van der Waals surface area contributed by atoms with Gasteiger partial charge in [0, 0.05) is 18.9 Å². The molecule has 1 saturated heterocycles. The molecular weight excluding hydrogens is 440 g/mol. The van der Waals surface area contributed by atoms with E-state index < -0.39 is 29.6 Å². The first-order valence-electron chi connectivity index (χ1n) is 11.3. The summed E-state index contributed by atoms with van der Waals surface area (Å²) >= 11 is 0. The van der Waals surface area contributed by atoms with Gasteiger partial charge in [-0.3, -0.25) is 9.59 Å². The van der Waals surface area contributed by atoms with Crippen LogP contribution in [0, 0.1) is 0 Å². The lowest BCUT2D eigenvalue weighted by molar-refractivity contribution is -0.137. The Morgan fingerprint density at radius 3 is 2.29 bits per heavy atom. The Bertz CT molecular complexity index is 1020. The summed E-state index contributed by atoms with van der Waals surface area (Å²) in [5, 5.41) is 24.0. The number of benzene rings is 2. The van der Waals surface area contributed by atoms with Crippen molar-refractivity contribution in [1.29, 1.82) is 0 Å². The Balaban J connectivity index is 1.42. The third kappa shape index (κ3) is 5.05. The molecule has 2 unspecified atom stereocenters. The molecule has 34 heavy (non-hydrogen) atoms. The van der Waals surface area contributed by atoms with E-state index in [2.05, 4.69) is 10.6 Å². The number of aliphatic carboxylic acids is 1. The van der Waals surface area contributed by atoms with E-state index in [9.17, 15) is 19.5 Å². The molecule has 0 spiro atoms. The van der Waals surface area contributed by atoms with Crippen molar-refractivity contribution in [3.05, 3.63) is 59.7 Å². The lowest BCUT2D eigenvalue weighted by Gasteiger charge is -2.29. The number of aliphatic hydroxyl groups is 1. The van der Waals surface area contributed by atoms with Crippen LogP contribution in [0.2, 0.25) is 0 Å². The topological polar surface area (TPSA) is 134 Å². The molecule has 180 valence electrons. The molecule has 1 aliphatic carbocycles. The summed E-state index contributed by atoms with van der Waals surface area (Å²) in [4.78, 5) is 36.6. The number of carboxylic acid groups (broad SMARTS) is 1. The van der Waals surface area contributed by atoms with Gasteiger partial charge >= 0.3 is 12.1 Å². The summed E-state index contributed by atoms with van der Waals surface area (Å²) in [7, 11) is 0. The third-order valence-corrected chi connectivity index (χ3v) is 6.39. The molecule has 1 heterocycles. The second-order valence-electron chi connectivity index (χ2n) is 8.69. The van der Waals surface area contributed by atoms with Crippen molar-refractivity contribution < 1.29 is 34.1 Å². The van der Waals surface area contributed by atoms with Gasteiger partial charge in [0.25, 0.3) is 0 Å². The number of nitrogens with one attached hydrogen (secondary N) is 2. The number of alkyl carbamates (subject to hydrolysis) is 1. The summed E-state index contributed by atoms with van der Waals surface area (Å²) in [5.41, 5.74) is 3.37. The van der Waals surface area contributed by atoms with Gasteiger partial charge in [0.15, 0.2) is 0 Å². The van der Waals surface area contributed by atoms with E-state index in [0.29, 0.717) is 13.0 Å². The van der Waals surface area contributed by atoms with Crippen LogP contribution < -0.4 is 10.6 Å². The van der Waals surface area contributed by atoms with Crippen LogP contribution in [-0.2, 0) is 19.1 Å². The minimum Gasteiger partial charge on any atom is -0.481 e. The number of ether oxygens (including phenoxy) is 2. The largest absolute Gasteiger partial charge is 0.481 e. The maximum atomic E-state index is 12.9. The number of hydrogen-bond acceptors (Lipinski definition) is 6.